The van der Waals surface area contributed by atoms with Gasteiger partial charge in [-0.15, -0.1) is 11.3 Å². The molecule has 0 fully saturated rings. The molecule has 2 rings (SSSR count). The Hall–Kier alpha value is -2.54. The van der Waals surface area contributed by atoms with E-state index in [4.69, 9.17) is 9.47 Å². The molecule has 1 aromatic heterocycles. The maximum Gasteiger partial charge on any atom is 0.279 e. The highest BCUT2D eigenvalue weighted by molar-refractivity contribution is 7.14. The molecule has 0 atom stereocenters. The Balaban J connectivity index is 1.83. The number of carbonyl (C=O) groups is 2. The number of carbonyl (C=O) groups excluding carboxylic acids is 2. The molecule has 2 aromatic rings. The number of hydrogen-bond donors (Lipinski definition) is 2. The molecule has 0 spiro atoms. The maximum atomic E-state index is 12.1. The Labute approximate surface area is 157 Å². The minimum Gasteiger partial charge on any atom is -0.490 e. The van der Waals surface area contributed by atoms with Crippen molar-refractivity contribution >= 4 is 23.2 Å². The van der Waals surface area contributed by atoms with Crippen molar-refractivity contribution in [3.63, 3.8) is 0 Å². The molecule has 2 N–H and O–H groups in total. The van der Waals surface area contributed by atoms with Gasteiger partial charge in [0.05, 0.1) is 11.5 Å². The smallest absolute Gasteiger partial charge is 0.279 e. The van der Waals surface area contributed by atoms with E-state index < -0.39 is 5.91 Å². The topological polar surface area (TPSA) is 76.7 Å². The summed E-state index contributed by atoms with van der Waals surface area (Å²) in [6.07, 6.45) is 1.76. The summed E-state index contributed by atoms with van der Waals surface area (Å²) in [5, 5.41) is 0. The first-order valence-corrected chi connectivity index (χ1v) is 9.39. The van der Waals surface area contributed by atoms with Gasteiger partial charge in [0.2, 0.25) is 0 Å². The highest BCUT2D eigenvalue weighted by Crippen LogP contribution is 2.26. The van der Waals surface area contributed by atoms with Crippen LogP contribution < -0.4 is 20.3 Å². The zero-order valence-electron chi connectivity index (χ0n) is 15.3. The number of benzene rings is 1. The summed E-state index contributed by atoms with van der Waals surface area (Å²) in [7, 11) is 0. The summed E-state index contributed by atoms with van der Waals surface area (Å²) in [4.78, 5) is 25.7. The average Bonchev–Trinajstić information content (AvgIpc) is 3.04. The number of thiophene rings is 1. The van der Waals surface area contributed by atoms with Gasteiger partial charge in [-0.05, 0) is 43.5 Å². The first-order valence-electron chi connectivity index (χ1n) is 8.58. The van der Waals surface area contributed by atoms with Crippen molar-refractivity contribution in [3.05, 3.63) is 45.6 Å². The molecule has 7 heteroatoms. The van der Waals surface area contributed by atoms with Crippen molar-refractivity contribution in [3.8, 4) is 11.5 Å². The van der Waals surface area contributed by atoms with E-state index in [0.717, 1.165) is 23.3 Å². The fourth-order valence-electron chi connectivity index (χ4n) is 2.25. The third kappa shape index (κ3) is 5.49. The van der Waals surface area contributed by atoms with Crippen LogP contribution in [0, 0.1) is 6.92 Å². The van der Waals surface area contributed by atoms with Crippen LogP contribution in [-0.2, 0) is 11.2 Å². The molecule has 0 bridgehead atoms. The molecule has 1 heterocycles. The van der Waals surface area contributed by atoms with Crippen LogP contribution in [0.1, 0.15) is 40.4 Å². The van der Waals surface area contributed by atoms with Crippen LogP contribution in [0.4, 0.5) is 0 Å². The summed E-state index contributed by atoms with van der Waals surface area (Å²) < 4.78 is 11.1. The molecule has 0 saturated carbocycles. The van der Waals surface area contributed by atoms with Crippen molar-refractivity contribution in [2.24, 2.45) is 0 Å². The molecule has 6 nitrogen and oxygen atoms in total. The van der Waals surface area contributed by atoms with Crippen molar-refractivity contribution in [1.29, 1.82) is 0 Å². The van der Waals surface area contributed by atoms with E-state index in [-0.39, 0.29) is 12.5 Å². The molecular weight excluding hydrogens is 352 g/mol. The van der Waals surface area contributed by atoms with Gasteiger partial charge >= 0.3 is 0 Å². The van der Waals surface area contributed by atoms with E-state index in [1.54, 1.807) is 18.2 Å². The predicted octanol–water partition coefficient (Wildman–Crippen LogP) is 3.25. The third-order valence-electron chi connectivity index (χ3n) is 3.55. The minimum atomic E-state index is -0.451. The number of hydrazine groups is 1. The zero-order valence-corrected chi connectivity index (χ0v) is 16.1. The molecule has 0 aliphatic heterocycles. The molecule has 2 amide bonds. The van der Waals surface area contributed by atoms with E-state index in [1.807, 2.05) is 32.9 Å². The maximum absolute atomic E-state index is 12.1. The minimum absolute atomic E-state index is 0.226. The van der Waals surface area contributed by atoms with Gasteiger partial charge in [-0.3, -0.25) is 20.4 Å². The molecule has 0 radical (unpaired) electrons. The standard InChI is InChI=1S/C19H24N2O4S/c1-4-10-24-14-8-6-7-9-15(14)25-12-18(22)20-21-19(23)17-11-13(3)16(5-2)26-17/h6-9,11H,4-5,10,12H2,1-3H3,(H,20,22)(H,21,23). The lowest BCUT2D eigenvalue weighted by Crippen LogP contribution is -2.43. The number of ether oxygens (including phenoxy) is 2. The lowest BCUT2D eigenvalue weighted by molar-refractivity contribution is -0.123. The molecule has 140 valence electrons. The van der Waals surface area contributed by atoms with Crippen LogP contribution in [0.15, 0.2) is 30.3 Å². The normalized spacial score (nSPS) is 10.3. The average molecular weight is 376 g/mol. The fourth-order valence-corrected chi connectivity index (χ4v) is 3.26. The van der Waals surface area contributed by atoms with E-state index in [9.17, 15) is 9.59 Å². The van der Waals surface area contributed by atoms with Crippen molar-refractivity contribution < 1.29 is 19.1 Å². The van der Waals surface area contributed by atoms with E-state index in [1.165, 1.54) is 11.3 Å². The van der Waals surface area contributed by atoms with Crippen LogP contribution in [0.5, 0.6) is 11.5 Å². The number of rotatable bonds is 8. The number of para-hydroxylation sites is 2. The Morgan fingerprint density at radius 3 is 2.38 bits per heavy atom. The third-order valence-corrected chi connectivity index (χ3v) is 4.93. The van der Waals surface area contributed by atoms with Gasteiger partial charge in [-0.2, -0.15) is 0 Å². The summed E-state index contributed by atoms with van der Waals surface area (Å²) in [5.41, 5.74) is 5.86. The number of nitrogens with one attached hydrogen (secondary N) is 2. The van der Waals surface area contributed by atoms with Gasteiger partial charge in [0.15, 0.2) is 18.1 Å². The zero-order chi connectivity index (χ0) is 18.9. The molecule has 0 aliphatic rings. The van der Waals surface area contributed by atoms with Crippen LogP contribution in [0.2, 0.25) is 0 Å². The monoisotopic (exact) mass is 376 g/mol. The highest BCUT2D eigenvalue weighted by atomic mass is 32.1. The van der Waals surface area contributed by atoms with Crippen LogP contribution in [0.3, 0.4) is 0 Å². The van der Waals surface area contributed by atoms with Crippen LogP contribution in [-0.4, -0.2) is 25.0 Å². The van der Waals surface area contributed by atoms with Gasteiger partial charge in [-0.25, -0.2) is 0 Å². The second-order valence-electron chi connectivity index (χ2n) is 5.66. The van der Waals surface area contributed by atoms with Crippen LogP contribution in [0.25, 0.3) is 0 Å². The number of hydrogen-bond acceptors (Lipinski definition) is 5. The fraction of sp³-hybridized carbons (Fsp3) is 0.368. The summed E-state index contributed by atoms with van der Waals surface area (Å²) in [5.74, 6) is 0.293. The lowest BCUT2D eigenvalue weighted by Gasteiger charge is -2.12. The van der Waals surface area contributed by atoms with E-state index >= 15 is 0 Å². The van der Waals surface area contributed by atoms with Crippen molar-refractivity contribution in [2.75, 3.05) is 13.2 Å². The molecule has 0 aliphatic carbocycles. The number of amides is 2. The summed E-state index contributed by atoms with van der Waals surface area (Å²) in [6.45, 7) is 6.37. The Morgan fingerprint density at radius 2 is 1.77 bits per heavy atom. The lowest BCUT2D eigenvalue weighted by atomic mass is 10.2. The largest absolute Gasteiger partial charge is 0.490 e. The van der Waals surface area contributed by atoms with Gasteiger partial charge in [0, 0.05) is 4.88 Å². The first-order chi connectivity index (χ1) is 12.5. The van der Waals surface area contributed by atoms with E-state index in [0.29, 0.717) is 23.0 Å². The van der Waals surface area contributed by atoms with Crippen molar-refractivity contribution in [2.45, 2.75) is 33.6 Å². The first kappa shape index (κ1) is 19.8. The second kappa shape index (κ2) is 9.82. The number of aryl methyl sites for hydroxylation is 2. The van der Waals surface area contributed by atoms with Gasteiger partial charge in [0.25, 0.3) is 11.8 Å². The summed E-state index contributed by atoms with van der Waals surface area (Å²) >= 11 is 1.43. The Kier molecular flexibility index (Phi) is 7.47. The molecule has 0 unspecified atom stereocenters. The molecule has 0 saturated heterocycles. The van der Waals surface area contributed by atoms with Gasteiger partial charge in [-0.1, -0.05) is 26.0 Å². The van der Waals surface area contributed by atoms with E-state index in [2.05, 4.69) is 10.9 Å². The van der Waals surface area contributed by atoms with Gasteiger partial charge < -0.3 is 9.47 Å². The SMILES string of the molecule is CCCOc1ccccc1OCC(=O)NNC(=O)c1cc(C)c(CC)s1. The molecule has 26 heavy (non-hydrogen) atoms. The molecule has 1 aromatic carbocycles. The van der Waals surface area contributed by atoms with Crippen molar-refractivity contribution in [1.82, 2.24) is 10.9 Å². The van der Waals surface area contributed by atoms with Gasteiger partial charge in [0.1, 0.15) is 0 Å². The predicted molar refractivity (Wildman–Crippen MR) is 102 cm³/mol. The van der Waals surface area contributed by atoms with Crippen LogP contribution >= 0.6 is 11.3 Å². The Bertz CT molecular complexity index is 758. The summed E-state index contributed by atoms with van der Waals surface area (Å²) in [6, 6.07) is 8.99. The highest BCUT2D eigenvalue weighted by Gasteiger charge is 2.13. The second-order valence-corrected chi connectivity index (χ2v) is 6.79. The molecular formula is C19H24N2O4S. The quantitative estimate of drug-likeness (QED) is 0.694. The Morgan fingerprint density at radius 1 is 1.08 bits per heavy atom.